The molecule has 7 heteroatoms. The van der Waals surface area contributed by atoms with Gasteiger partial charge in [0.25, 0.3) is 5.56 Å². The average molecular weight is 358 g/mol. The van der Waals surface area contributed by atoms with Crippen LogP contribution in [0.15, 0.2) is 15.5 Å². The van der Waals surface area contributed by atoms with Crippen molar-refractivity contribution < 1.29 is 9.53 Å². The summed E-state index contributed by atoms with van der Waals surface area (Å²) < 4.78 is 6.11. The molecule has 0 radical (unpaired) electrons. The second kappa shape index (κ2) is 6.60. The highest BCUT2D eigenvalue weighted by Gasteiger charge is 2.25. The van der Waals surface area contributed by atoms with Gasteiger partial charge in [0.2, 0.25) is 0 Å². The number of carbonyl (C=O) groups excluding carboxylic acids is 1. The van der Waals surface area contributed by atoms with E-state index in [1.54, 1.807) is 6.20 Å². The number of esters is 1. The zero-order chi connectivity index (χ0) is 15.6. The molecule has 116 valence electrons. The lowest BCUT2D eigenvalue weighted by Crippen LogP contribution is -2.40. The molecule has 21 heavy (non-hydrogen) atoms. The summed E-state index contributed by atoms with van der Waals surface area (Å²) >= 11 is 3.35. The zero-order valence-corrected chi connectivity index (χ0v) is 14.1. The number of hydrogen-bond donors (Lipinski definition) is 0. The van der Waals surface area contributed by atoms with Gasteiger partial charge in [0.1, 0.15) is 11.0 Å². The molecule has 0 aliphatic carbocycles. The summed E-state index contributed by atoms with van der Waals surface area (Å²) in [6.07, 6.45) is 2.83. The van der Waals surface area contributed by atoms with E-state index in [1.165, 1.54) is 13.5 Å². The lowest BCUT2D eigenvalue weighted by atomic mass is 9.92. The van der Waals surface area contributed by atoms with E-state index in [9.17, 15) is 9.59 Å². The lowest BCUT2D eigenvalue weighted by molar-refractivity contribution is -0.141. The largest absolute Gasteiger partial charge is 0.468 e. The molecule has 0 spiro atoms. The summed E-state index contributed by atoms with van der Waals surface area (Å²) in [6, 6.07) is 0. The molecule has 1 aromatic heterocycles. The van der Waals surface area contributed by atoms with E-state index in [0.29, 0.717) is 16.3 Å². The minimum Gasteiger partial charge on any atom is -0.468 e. The molecular formula is C14H20BrN3O3. The first-order valence-electron chi connectivity index (χ1n) is 6.99. The number of aromatic nitrogens is 2. The topological polar surface area (TPSA) is 64.4 Å². The molecule has 0 aromatic carbocycles. The normalized spacial score (nSPS) is 22.2. The van der Waals surface area contributed by atoms with Gasteiger partial charge in [-0.15, -0.1) is 0 Å². The van der Waals surface area contributed by atoms with Gasteiger partial charge in [-0.2, -0.15) is 5.10 Å². The van der Waals surface area contributed by atoms with Crippen molar-refractivity contribution in [2.45, 2.75) is 26.8 Å². The molecule has 2 atom stereocenters. The van der Waals surface area contributed by atoms with Crippen LogP contribution in [0.2, 0.25) is 0 Å². The Hall–Kier alpha value is -1.37. The number of anilines is 1. The molecule has 1 aromatic rings. The van der Waals surface area contributed by atoms with Crippen LogP contribution in [0.5, 0.6) is 0 Å². The molecule has 0 amide bonds. The predicted molar refractivity (Wildman–Crippen MR) is 83.4 cm³/mol. The highest BCUT2D eigenvalue weighted by Crippen LogP contribution is 2.29. The number of ether oxygens (including phenoxy) is 1. The number of rotatable bonds is 3. The second-order valence-corrected chi connectivity index (χ2v) is 6.53. The number of halogens is 1. The van der Waals surface area contributed by atoms with Crippen LogP contribution in [0.1, 0.15) is 20.3 Å². The second-order valence-electron chi connectivity index (χ2n) is 5.73. The molecule has 0 bridgehead atoms. The maximum Gasteiger partial charge on any atom is 0.327 e. The SMILES string of the molecule is COC(=O)Cn1ncc(N2C[C@H](C)C[C@H](C)C2)c(Br)c1=O. The maximum absolute atomic E-state index is 12.3. The smallest absolute Gasteiger partial charge is 0.327 e. The van der Waals surface area contributed by atoms with Crippen LogP contribution in [0.25, 0.3) is 0 Å². The fourth-order valence-corrected chi connectivity index (χ4v) is 3.39. The Labute approximate surface area is 132 Å². The molecule has 2 rings (SSSR count). The standard InChI is InChI=1S/C14H20BrN3O3/c1-9-4-10(2)7-17(6-9)11-5-16-18(8-12(19)21-3)14(20)13(11)15/h5,9-10H,4,6-8H2,1-3H3/t9-,10+. The van der Waals surface area contributed by atoms with Crippen LogP contribution < -0.4 is 10.5 Å². The maximum atomic E-state index is 12.3. The third-order valence-corrected chi connectivity index (χ3v) is 4.43. The van der Waals surface area contributed by atoms with Crippen molar-refractivity contribution >= 4 is 27.6 Å². The van der Waals surface area contributed by atoms with Crippen LogP contribution >= 0.6 is 15.9 Å². The number of piperidine rings is 1. The van der Waals surface area contributed by atoms with Crippen molar-refractivity contribution in [3.05, 3.63) is 21.0 Å². The minimum atomic E-state index is -0.496. The fraction of sp³-hybridized carbons (Fsp3) is 0.643. The van der Waals surface area contributed by atoms with Gasteiger partial charge >= 0.3 is 5.97 Å². The van der Waals surface area contributed by atoms with Crippen molar-refractivity contribution in [1.29, 1.82) is 0 Å². The molecule has 0 saturated carbocycles. The van der Waals surface area contributed by atoms with Crippen LogP contribution in [-0.4, -0.2) is 35.9 Å². The Morgan fingerprint density at radius 1 is 1.43 bits per heavy atom. The first-order valence-corrected chi connectivity index (χ1v) is 7.79. The van der Waals surface area contributed by atoms with Crippen molar-refractivity contribution in [3.63, 3.8) is 0 Å². The van der Waals surface area contributed by atoms with E-state index in [0.717, 1.165) is 23.5 Å². The van der Waals surface area contributed by atoms with Gasteiger partial charge < -0.3 is 9.64 Å². The zero-order valence-electron chi connectivity index (χ0n) is 12.5. The van der Waals surface area contributed by atoms with Gasteiger partial charge in [-0.1, -0.05) is 13.8 Å². The van der Waals surface area contributed by atoms with Crippen molar-refractivity contribution in [3.8, 4) is 0 Å². The van der Waals surface area contributed by atoms with Gasteiger partial charge in [-0.3, -0.25) is 9.59 Å². The Kier molecular flexibility index (Phi) is 5.03. The molecule has 1 fully saturated rings. The lowest BCUT2D eigenvalue weighted by Gasteiger charge is -2.36. The molecule has 1 aliphatic rings. The molecule has 2 heterocycles. The monoisotopic (exact) mass is 357 g/mol. The average Bonchev–Trinajstić information content (AvgIpc) is 2.42. The molecule has 0 unspecified atom stereocenters. The summed E-state index contributed by atoms with van der Waals surface area (Å²) in [5, 5.41) is 4.08. The van der Waals surface area contributed by atoms with E-state index in [4.69, 9.17) is 0 Å². The van der Waals surface area contributed by atoms with Crippen LogP contribution in [-0.2, 0) is 16.1 Å². The van der Waals surface area contributed by atoms with Gasteiger partial charge in [0.15, 0.2) is 0 Å². The highest BCUT2D eigenvalue weighted by molar-refractivity contribution is 9.10. The number of carbonyl (C=O) groups is 1. The summed E-state index contributed by atoms with van der Waals surface area (Å²) in [5.41, 5.74) is 0.475. The summed E-state index contributed by atoms with van der Waals surface area (Å²) in [4.78, 5) is 25.7. The van der Waals surface area contributed by atoms with Crippen molar-refractivity contribution in [2.24, 2.45) is 11.8 Å². The minimum absolute atomic E-state index is 0.180. The Morgan fingerprint density at radius 2 is 2.05 bits per heavy atom. The van der Waals surface area contributed by atoms with Gasteiger partial charge in [0, 0.05) is 13.1 Å². The number of methoxy groups -OCH3 is 1. The van der Waals surface area contributed by atoms with Gasteiger partial charge in [-0.25, -0.2) is 4.68 Å². The van der Waals surface area contributed by atoms with Crippen LogP contribution in [0, 0.1) is 11.8 Å². The summed E-state index contributed by atoms with van der Waals surface area (Å²) in [6.45, 7) is 6.06. The quantitative estimate of drug-likeness (QED) is 0.769. The molecular weight excluding hydrogens is 338 g/mol. The third-order valence-electron chi connectivity index (χ3n) is 3.68. The molecule has 1 aliphatic heterocycles. The molecule has 1 saturated heterocycles. The van der Waals surface area contributed by atoms with E-state index in [2.05, 4.69) is 44.5 Å². The Morgan fingerprint density at radius 3 is 2.62 bits per heavy atom. The van der Waals surface area contributed by atoms with Gasteiger partial charge in [-0.05, 0) is 34.2 Å². The molecule has 6 nitrogen and oxygen atoms in total. The van der Waals surface area contributed by atoms with Crippen molar-refractivity contribution in [1.82, 2.24) is 9.78 Å². The van der Waals surface area contributed by atoms with E-state index >= 15 is 0 Å². The summed E-state index contributed by atoms with van der Waals surface area (Å²) in [7, 11) is 1.29. The van der Waals surface area contributed by atoms with E-state index in [-0.39, 0.29) is 12.1 Å². The number of nitrogens with zero attached hydrogens (tertiary/aromatic N) is 3. The summed E-state index contributed by atoms with van der Waals surface area (Å²) in [5.74, 6) is 0.667. The van der Waals surface area contributed by atoms with Crippen LogP contribution in [0.3, 0.4) is 0 Å². The first-order chi connectivity index (χ1) is 9.92. The molecule has 0 N–H and O–H groups in total. The van der Waals surface area contributed by atoms with E-state index in [1.807, 2.05) is 0 Å². The first kappa shape index (κ1) is 16.0. The Balaban J connectivity index is 2.28. The van der Waals surface area contributed by atoms with Crippen molar-refractivity contribution in [2.75, 3.05) is 25.1 Å². The fourth-order valence-electron chi connectivity index (χ4n) is 2.84. The predicted octanol–water partition coefficient (Wildman–Crippen LogP) is 1.66. The van der Waals surface area contributed by atoms with E-state index < -0.39 is 5.97 Å². The Bertz CT molecular complexity index is 577. The third kappa shape index (κ3) is 3.64. The highest BCUT2D eigenvalue weighted by atomic mass is 79.9. The van der Waals surface area contributed by atoms with Gasteiger partial charge in [0.05, 0.1) is 19.0 Å². The number of hydrogen-bond acceptors (Lipinski definition) is 5. The van der Waals surface area contributed by atoms with Crippen LogP contribution in [0.4, 0.5) is 5.69 Å².